The van der Waals surface area contributed by atoms with Crippen LogP contribution in [0.25, 0.3) is 0 Å². The fraction of sp³-hybridized carbons (Fsp3) is 0.619. The summed E-state index contributed by atoms with van der Waals surface area (Å²) in [5, 5.41) is 13.3. The average Bonchev–Trinajstić information content (AvgIpc) is 3.38. The fourth-order valence-electron chi connectivity index (χ4n) is 4.58. The molecule has 28 heavy (non-hydrogen) atoms. The lowest BCUT2D eigenvalue weighted by Gasteiger charge is -2.27. The molecule has 1 aromatic rings. The Bertz CT molecular complexity index is 713. The molecule has 7 nitrogen and oxygen atoms in total. The quantitative estimate of drug-likeness (QED) is 0.833. The highest BCUT2D eigenvalue weighted by Gasteiger charge is 2.38. The normalized spacial score (nSPS) is 25.9. The first-order valence-electron chi connectivity index (χ1n) is 10.5. The van der Waals surface area contributed by atoms with E-state index in [2.05, 4.69) is 10.2 Å². The van der Waals surface area contributed by atoms with E-state index in [0.717, 1.165) is 51.9 Å². The molecule has 0 aliphatic carbocycles. The Balaban J connectivity index is 1.37. The maximum absolute atomic E-state index is 12.7. The molecule has 7 heteroatoms. The van der Waals surface area contributed by atoms with Crippen LogP contribution in [0.4, 0.5) is 10.5 Å². The van der Waals surface area contributed by atoms with E-state index >= 15 is 0 Å². The highest BCUT2D eigenvalue weighted by molar-refractivity contribution is 5.97. The molecule has 0 aromatic heterocycles. The third-order valence-electron chi connectivity index (χ3n) is 6.16. The smallest absolute Gasteiger partial charge is 0.321 e. The number of aliphatic hydroxyl groups is 1. The molecule has 3 fully saturated rings. The maximum Gasteiger partial charge on any atom is 0.321 e. The number of β-amino-alcohol motifs (C(OH)–C–C–N with tert-alkyl or cyclic N) is 1. The zero-order chi connectivity index (χ0) is 19.5. The number of likely N-dealkylation sites (tertiary alicyclic amines) is 3. The van der Waals surface area contributed by atoms with Crippen molar-refractivity contribution in [2.45, 2.75) is 44.2 Å². The molecule has 2 atom stereocenters. The molecule has 3 saturated heterocycles. The molecule has 0 bridgehead atoms. The maximum atomic E-state index is 12.7. The minimum Gasteiger partial charge on any atom is -0.390 e. The molecule has 3 heterocycles. The molecular formula is C21H30N4O3. The second-order valence-electron chi connectivity index (χ2n) is 8.15. The molecule has 3 aliphatic heterocycles. The first-order valence-corrected chi connectivity index (χ1v) is 10.5. The van der Waals surface area contributed by atoms with E-state index in [1.807, 2.05) is 4.90 Å². The van der Waals surface area contributed by atoms with Gasteiger partial charge in [0.25, 0.3) is 5.91 Å². The van der Waals surface area contributed by atoms with E-state index in [9.17, 15) is 14.7 Å². The van der Waals surface area contributed by atoms with Crippen molar-refractivity contribution in [3.63, 3.8) is 0 Å². The van der Waals surface area contributed by atoms with Crippen LogP contribution in [0.2, 0.25) is 0 Å². The van der Waals surface area contributed by atoms with Crippen LogP contribution < -0.4 is 5.32 Å². The van der Waals surface area contributed by atoms with Gasteiger partial charge in [-0.3, -0.25) is 9.69 Å². The van der Waals surface area contributed by atoms with Crippen molar-refractivity contribution in [1.82, 2.24) is 14.7 Å². The van der Waals surface area contributed by atoms with Crippen molar-refractivity contribution in [2.24, 2.45) is 0 Å². The number of hydrogen-bond donors (Lipinski definition) is 2. The van der Waals surface area contributed by atoms with Gasteiger partial charge in [-0.25, -0.2) is 4.79 Å². The highest BCUT2D eigenvalue weighted by Crippen LogP contribution is 2.22. The van der Waals surface area contributed by atoms with Gasteiger partial charge in [0.1, 0.15) is 0 Å². The van der Waals surface area contributed by atoms with Crippen LogP contribution in [0.1, 0.15) is 42.5 Å². The summed E-state index contributed by atoms with van der Waals surface area (Å²) in [6, 6.07) is 6.96. The Morgan fingerprint density at radius 1 is 0.929 bits per heavy atom. The molecule has 0 radical (unpaired) electrons. The van der Waals surface area contributed by atoms with Crippen LogP contribution in [0, 0.1) is 0 Å². The Hall–Kier alpha value is -2.12. The zero-order valence-corrected chi connectivity index (χ0v) is 16.3. The van der Waals surface area contributed by atoms with Crippen LogP contribution in [0.15, 0.2) is 24.3 Å². The summed E-state index contributed by atoms with van der Waals surface area (Å²) in [5.41, 5.74) is 1.23. The van der Waals surface area contributed by atoms with E-state index in [0.29, 0.717) is 24.3 Å². The second kappa shape index (κ2) is 8.49. The number of piperidine rings is 1. The Morgan fingerprint density at radius 3 is 2.39 bits per heavy atom. The van der Waals surface area contributed by atoms with Gasteiger partial charge in [0.2, 0.25) is 0 Å². The lowest BCUT2D eigenvalue weighted by Crippen LogP contribution is -2.41. The van der Waals surface area contributed by atoms with Crippen molar-refractivity contribution >= 4 is 17.6 Å². The number of urea groups is 1. The van der Waals surface area contributed by atoms with Gasteiger partial charge in [0.15, 0.2) is 0 Å². The topological polar surface area (TPSA) is 76.1 Å². The van der Waals surface area contributed by atoms with Crippen LogP contribution in [0.5, 0.6) is 0 Å². The fourth-order valence-corrected chi connectivity index (χ4v) is 4.58. The summed E-state index contributed by atoms with van der Waals surface area (Å²) in [6.45, 7) is 4.49. The number of rotatable bonds is 3. The Kier molecular flexibility index (Phi) is 5.82. The first kappa shape index (κ1) is 19.2. The molecule has 4 rings (SSSR count). The van der Waals surface area contributed by atoms with Crippen molar-refractivity contribution in [2.75, 3.05) is 44.6 Å². The lowest BCUT2D eigenvalue weighted by molar-refractivity contribution is 0.0724. The van der Waals surface area contributed by atoms with Gasteiger partial charge in [0, 0.05) is 30.9 Å². The molecule has 3 amide bonds. The number of carbonyl (C=O) groups excluding carboxylic acids is 2. The summed E-state index contributed by atoms with van der Waals surface area (Å²) in [5.74, 6) is 0.0292. The van der Waals surface area contributed by atoms with Crippen molar-refractivity contribution in [3.8, 4) is 0 Å². The molecule has 0 saturated carbocycles. The van der Waals surface area contributed by atoms with E-state index in [1.165, 1.54) is 6.42 Å². The third kappa shape index (κ3) is 4.15. The minimum atomic E-state index is -0.504. The molecule has 2 N–H and O–H groups in total. The Labute approximate surface area is 166 Å². The van der Waals surface area contributed by atoms with E-state index < -0.39 is 6.10 Å². The van der Waals surface area contributed by atoms with Gasteiger partial charge in [-0.15, -0.1) is 0 Å². The Morgan fingerprint density at radius 2 is 1.64 bits per heavy atom. The predicted molar refractivity (Wildman–Crippen MR) is 107 cm³/mol. The van der Waals surface area contributed by atoms with Gasteiger partial charge in [-0.2, -0.15) is 0 Å². The molecule has 152 valence electrons. The molecule has 3 aliphatic rings. The van der Waals surface area contributed by atoms with Gasteiger partial charge in [0.05, 0.1) is 18.7 Å². The van der Waals surface area contributed by atoms with Gasteiger partial charge < -0.3 is 20.2 Å². The van der Waals surface area contributed by atoms with Gasteiger partial charge >= 0.3 is 6.03 Å². The van der Waals surface area contributed by atoms with Crippen LogP contribution in [-0.2, 0) is 0 Å². The number of hydrogen-bond acceptors (Lipinski definition) is 4. The largest absolute Gasteiger partial charge is 0.390 e. The SMILES string of the molecule is O=C(Nc1cccc(C(=O)N2CCCCC2)c1)N1C[C@@H](O)[C@H](N2CCCC2)C1. The summed E-state index contributed by atoms with van der Waals surface area (Å²) in [4.78, 5) is 31.2. The number of benzene rings is 1. The predicted octanol–water partition coefficient (Wildman–Crippen LogP) is 1.99. The zero-order valence-electron chi connectivity index (χ0n) is 16.3. The van der Waals surface area contributed by atoms with Gasteiger partial charge in [-0.1, -0.05) is 6.07 Å². The molecule has 1 aromatic carbocycles. The highest BCUT2D eigenvalue weighted by atomic mass is 16.3. The van der Waals surface area contributed by atoms with E-state index in [1.54, 1.807) is 29.2 Å². The molecule has 0 unspecified atom stereocenters. The van der Waals surface area contributed by atoms with Crippen LogP contribution in [0.3, 0.4) is 0 Å². The second-order valence-corrected chi connectivity index (χ2v) is 8.15. The number of anilines is 1. The minimum absolute atomic E-state index is 0.0280. The van der Waals surface area contributed by atoms with Crippen molar-refractivity contribution < 1.29 is 14.7 Å². The number of aliphatic hydroxyl groups excluding tert-OH is 1. The van der Waals surface area contributed by atoms with E-state index in [-0.39, 0.29) is 18.0 Å². The number of nitrogens with zero attached hydrogens (tertiary/aromatic N) is 3. The number of amides is 3. The van der Waals surface area contributed by atoms with Crippen LogP contribution >= 0.6 is 0 Å². The monoisotopic (exact) mass is 386 g/mol. The molecule has 0 spiro atoms. The van der Waals surface area contributed by atoms with Crippen molar-refractivity contribution in [3.05, 3.63) is 29.8 Å². The van der Waals surface area contributed by atoms with Crippen LogP contribution in [-0.4, -0.2) is 83.2 Å². The van der Waals surface area contributed by atoms with Gasteiger partial charge in [-0.05, 0) is 63.4 Å². The summed E-state index contributed by atoms with van der Waals surface area (Å²) < 4.78 is 0. The number of carbonyl (C=O) groups is 2. The third-order valence-corrected chi connectivity index (χ3v) is 6.16. The van der Waals surface area contributed by atoms with Crippen molar-refractivity contribution in [1.29, 1.82) is 0 Å². The van der Waals surface area contributed by atoms with E-state index in [4.69, 9.17) is 0 Å². The lowest BCUT2D eigenvalue weighted by atomic mass is 10.1. The molecular weight excluding hydrogens is 356 g/mol. The first-order chi connectivity index (χ1) is 13.6. The average molecular weight is 386 g/mol. The summed E-state index contributed by atoms with van der Waals surface area (Å²) in [6.07, 6.45) is 5.10. The summed E-state index contributed by atoms with van der Waals surface area (Å²) in [7, 11) is 0. The standard InChI is InChI=1S/C21H30N4O3/c26-19-15-25(14-18(19)23-9-4-5-10-23)21(28)22-17-8-6-7-16(13-17)20(27)24-11-2-1-3-12-24/h6-8,13,18-19,26H,1-5,9-12,14-15H2,(H,22,28)/t18-,19-/m1/s1. The summed E-state index contributed by atoms with van der Waals surface area (Å²) >= 11 is 0. The number of nitrogens with one attached hydrogen (secondary N) is 1.